The van der Waals surface area contributed by atoms with Crippen LogP contribution in [0.4, 0.5) is 0 Å². The van der Waals surface area contributed by atoms with Crippen molar-refractivity contribution in [2.24, 2.45) is 4.99 Å². The summed E-state index contributed by atoms with van der Waals surface area (Å²) < 4.78 is 10.6. The standard InChI is InChI=1S/C20H27N3O3.HI/c1-21-20(23-13-17(14-24)15-7-5-4-6-8-15)22-12-16-9-10-18(25-2)11-19(16)26-3;/h4-11,17,24H,12-14H2,1-3H3,(H2,21,22,23);1H. The van der Waals surface area contributed by atoms with E-state index in [-0.39, 0.29) is 36.5 Å². The molecule has 148 valence electrons. The van der Waals surface area contributed by atoms with Crippen molar-refractivity contribution >= 4 is 29.9 Å². The highest BCUT2D eigenvalue weighted by atomic mass is 127. The van der Waals surface area contributed by atoms with Gasteiger partial charge in [-0.3, -0.25) is 4.99 Å². The number of halogens is 1. The van der Waals surface area contributed by atoms with Crippen molar-refractivity contribution in [1.82, 2.24) is 10.6 Å². The average molecular weight is 485 g/mol. The molecular formula is C20H28IN3O3. The third-order valence-electron chi connectivity index (χ3n) is 4.17. The number of aliphatic imine (C=N–C) groups is 1. The number of aliphatic hydroxyl groups excluding tert-OH is 1. The molecule has 2 aromatic carbocycles. The number of guanidine groups is 1. The molecule has 0 aliphatic heterocycles. The fourth-order valence-corrected chi connectivity index (χ4v) is 2.63. The van der Waals surface area contributed by atoms with Crippen LogP contribution in [0.15, 0.2) is 53.5 Å². The second-order valence-corrected chi connectivity index (χ2v) is 5.77. The number of aliphatic hydroxyl groups is 1. The van der Waals surface area contributed by atoms with E-state index in [1.807, 2.05) is 48.5 Å². The summed E-state index contributed by atoms with van der Waals surface area (Å²) in [5, 5.41) is 16.2. The molecule has 0 saturated carbocycles. The zero-order chi connectivity index (χ0) is 18.8. The molecule has 0 fully saturated rings. The van der Waals surface area contributed by atoms with E-state index in [1.54, 1.807) is 21.3 Å². The SMILES string of the molecule is CN=C(NCc1ccc(OC)cc1OC)NCC(CO)c1ccccc1.I. The van der Waals surface area contributed by atoms with Crippen LogP contribution in [0.2, 0.25) is 0 Å². The molecule has 0 bridgehead atoms. The smallest absolute Gasteiger partial charge is 0.191 e. The number of hydrogen-bond acceptors (Lipinski definition) is 4. The average Bonchev–Trinajstić information content (AvgIpc) is 2.71. The first kappa shape index (κ1) is 23.0. The van der Waals surface area contributed by atoms with Gasteiger partial charge in [0.15, 0.2) is 5.96 Å². The second-order valence-electron chi connectivity index (χ2n) is 5.77. The summed E-state index contributed by atoms with van der Waals surface area (Å²) in [6.07, 6.45) is 0. The van der Waals surface area contributed by atoms with E-state index in [9.17, 15) is 5.11 Å². The predicted octanol–water partition coefficient (Wildman–Crippen LogP) is 2.76. The molecule has 0 aliphatic rings. The van der Waals surface area contributed by atoms with Crippen molar-refractivity contribution in [3.05, 3.63) is 59.7 Å². The van der Waals surface area contributed by atoms with E-state index in [2.05, 4.69) is 15.6 Å². The van der Waals surface area contributed by atoms with Crippen molar-refractivity contribution in [3.8, 4) is 11.5 Å². The molecule has 3 N–H and O–H groups in total. The summed E-state index contributed by atoms with van der Waals surface area (Å²) in [4.78, 5) is 4.24. The van der Waals surface area contributed by atoms with E-state index in [0.29, 0.717) is 19.0 Å². The minimum Gasteiger partial charge on any atom is -0.497 e. The van der Waals surface area contributed by atoms with Crippen LogP contribution in [0, 0.1) is 0 Å². The third-order valence-corrected chi connectivity index (χ3v) is 4.17. The summed E-state index contributed by atoms with van der Waals surface area (Å²) in [6, 6.07) is 15.6. The molecule has 27 heavy (non-hydrogen) atoms. The van der Waals surface area contributed by atoms with Gasteiger partial charge in [-0.2, -0.15) is 0 Å². The van der Waals surface area contributed by atoms with Gasteiger partial charge in [-0.25, -0.2) is 0 Å². The molecule has 1 unspecified atom stereocenters. The van der Waals surface area contributed by atoms with Crippen molar-refractivity contribution in [3.63, 3.8) is 0 Å². The van der Waals surface area contributed by atoms with Gasteiger partial charge in [-0.1, -0.05) is 30.3 Å². The summed E-state index contributed by atoms with van der Waals surface area (Å²) in [6.45, 7) is 1.21. The molecule has 0 aliphatic carbocycles. The summed E-state index contributed by atoms with van der Waals surface area (Å²) in [7, 11) is 4.98. The molecule has 0 saturated heterocycles. The highest BCUT2D eigenvalue weighted by Crippen LogP contribution is 2.24. The Morgan fingerprint density at radius 3 is 2.41 bits per heavy atom. The Labute approximate surface area is 178 Å². The van der Waals surface area contributed by atoms with Gasteiger partial charge >= 0.3 is 0 Å². The van der Waals surface area contributed by atoms with E-state index >= 15 is 0 Å². The first-order valence-electron chi connectivity index (χ1n) is 8.53. The molecule has 0 radical (unpaired) electrons. The lowest BCUT2D eigenvalue weighted by atomic mass is 10.0. The van der Waals surface area contributed by atoms with Crippen LogP contribution >= 0.6 is 24.0 Å². The van der Waals surface area contributed by atoms with Gasteiger partial charge in [-0.05, 0) is 17.7 Å². The van der Waals surface area contributed by atoms with E-state index < -0.39 is 0 Å². The van der Waals surface area contributed by atoms with E-state index in [4.69, 9.17) is 9.47 Å². The molecule has 1 atom stereocenters. The number of ether oxygens (including phenoxy) is 2. The van der Waals surface area contributed by atoms with Gasteiger partial charge in [0.2, 0.25) is 0 Å². The number of hydrogen-bond donors (Lipinski definition) is 3. The molecule has 0 heterocycles. The number of methoxy groups -OCH3 is 2. The van der Waals surface area contributed by atoms with Crippen LogP contribution in [0.5, 0.6) is 11.5 Å². The predicted molar refractivity (Wildman–Crippen MR) is 119 cm³/mol. The first-order valence-corrected chi connectivity index (χ1v) is 8.53. The Bertz CT molecular complexity index is 711. The Kier molecular flexibility index (Phi) is 10.6. The third kappa shape index (κ3) is 6.91. The van der Waals surface area contributed by atoms with Crippen molar-refractivity contribution < 1.29 is 14.6 Å². The Morgan fingerprint density at radius 2 is 1.81 bits per heavy atom. The minimum atomic E-state index is 0. The Hall–Kier alpha value is -2.00. The summed E-state index contributed by atoms with van der Waals surface area (Å²) >= 11 is 0. The van der Waals surface area contributed by atoms with Crippen molar-refractivity contribution in [2.75, 3.05) is 34.4 Å². The van der Waals surface area contributed by atoms with Crippen LogP contribution in [0.25, 0.3) is 0 Å². The van der Waals surface area contributed by atoms with Gasteiger partial charge in [0.25, 0.3) is 0 Å². The van der Waals surface area contributed by atoms with Gasteiger partial charge in [0.05, 0.1) is 20.8 Å². The Balaban J connectivity index is 0.00000364. The van der Waals surface area contributed by atoms with Crippen LogP contribution in [0.3, 0.4) is 0 Å². The molecule has 6 nitrogen and oxygen atoms in total. The lowest BCUT2D eigenvalue weighted by molar-refractivity contribution is 0.265. The maximum atomic E-state index is 9.66. The molecule has 7 heteroatoms. The van der Waals surface area contributed by atoms with Gasteiger partial charge < -0.3 is 25.2 Å². The molecule has 2 rings (SSSR count). The maximum absolute atomic E-state index is 9.66. The molecule has 0 amide bonds. The lowest BCUT2D eigenvalue weighted by Crippen LogP contribution is -2.39. The van der Waals surface area contributed by atoms with E-state index in [1.165, 1.54) is 0 Å². The second kappa shape index (κ2) is 12.4. The molecular weight excluding hydrogens is 457 g/mol. The van der Waals surface area contributed by atoms with Crippen molar-refractivity contribution in [2.45, 2.75) is 12.5 Å². The highest BCUT2D eigenvalue weighted by molar-refractivity contribution is 14.0. The van der Waals surface area contributed by atoms with Crippen LogP contribution < -0.4 is 20.1 Å². The monoisotopic (exact) mass is 485 g/mol. The summed E-state index contributed by atoms with van der Waals surface area (Å²) in [5.41, 5.74) is 2.09. The topological polar surface area (TPSA) is 75.1 Å². The summed E-state index contributed by atoms with van der Waals surface area (Å²) in [5.74, 6) is 2.18. The number of benzene rings is 2. The number of nitrogens with one attached hydrogen (secondary N) is 2. The molecule has 0 spiro atoms. The molecule has 0 aromatic heterocycles. The van der Waals surface area contributed by atoms with Crippen LogP contribution in [-0.4, -0.2) is 45.5 Å². The van der Waals surface area contributed by atoms with Gasteiger partial charge in [0, 0.05) is 37.7 Å². The zero-order valence-electron chi connectivity index (χ0n) is 15.9. The van der Waals surface area contributed by atoms with Crippen LogP contribution in [-0.2, 0) is 6.54 Å². The highest BCUT2D eigenvalue weighted by Gasteiger charge is 2.11. The van der Waals surface area contributed by atoms with E-state index in [0.717, 1.165) is 22.6 Å². The zero-order valence-corrected chi connectivity index (χ0v) is 18.3. The maximum Gasteiger partial charge on any atom is 0.191 e. The number of nitrogens with zero attached hydrogens (tertiary/aromatic N) is 1. The fraction of sp³-hybridized carbons (Fsp3) is 0.350. The van der Waals surface area contributed by atoms with Crippen LogP contribution in [0.1, 0.15) is 17.0 Å². The van der Waals surface area contributed by atoms with Crippen molar-refractivity contribution in [1.29, 1.82) is 0 Å². The van der Waals surface area contributed by atoms with Gasteiger partial charge in [0.1, 0.15) is 11.5 Å². The normalized spacial score (nSPS) is 11.9. The number of rotatable bonds is 8. The lowest BCUT2D eigenvalue weighted by Gasteiger charge is -2.18. The minimum absolute atomic E-state index is 0. The molecule has 2 aromatic rings. The van der Waals surface area contributed by atoms with Gasteiger partial charge in [-0.15, -0.1) is 24.0 Å². The Morgan fingerprint density at radius 1 is 1.07 bits per heavy atom. The first-order chi connectivity index (χ1) is 12.7. The fourth-order valence-electron chi connectivity index (χ4n) is 2.63. The quantitative estimate of drug-likeness (QED) is 0.305. The largest absolute Gasteiger partial charge is 0.497 e.